The number of rotatable bonds is 4. The van der Waals surface area contributed by atoms with Crippen LogP contribution in [0.2, 0.25) is 5.02 Å². The molecule has 0 unspecified atom stereocenters. The van der Waals surface area contributed by atoms with Gasteiger partial charge in [0, 0.05) is 6.07 Å². The minimum Gasteiger partial charge on any atom is -0.466 e. The predicted molar refractivity (Wildman–Crippen MR) is 54.5 cm³/mol. The van der Waals surface area contributed by atoms with Crippen molar-refractivity contribution in [3.8, 4) is 0 Å². The van der Waals surface area contributed by atoms with Gasteiger partial charge in [-0.05, 0) is 6.92 Å². The molecule has 1 aromatic rings. The van der Waals surface area contributed by atoms with Crippen LogP contribution in [0.4, 0.5) is 13.2 Å². The van der Waals surface area contributed by atoms with E-state index in [0.717, 1.165) is 0 Å². The Hall–Kier alpha value is -1.30. The molecule has 0 N–H and O–H groups in total. The number of pyridine rings is 1. The third kappa shape index (κ3) is 3.59. The quantitative estimate of drug-likeness (QED) is 0.788. The second kappa shape index (κ2) is 5.86. The number of carbonyl (C=O) groups excluding carboxylic acids is 1. The van der Waals surface area contributed by atoms with Gasteiger partial charge in [0.05, 0.1) is 23.7 Å². The Morgan fingerprint density at radius 2 is 2.24 bits per heavy atom. The molecular weight excluding hydrogens is 259 g/mol. The van der Waals surface area contributed by atoms with E-state index in [0.29, 0.717) is 6.07 Å². The molecule has 0 aliphatic heterocycles. The highest BCUT2D eigenvalue weighted by molar-refractivity contribution is 6.31. The van der Waals surface area contributed by atoms with Crippen molar-refractivity contribution in [1.29, 1.82) is 0 Å². The minimum atomic E-state index is -2.93. The van der Waals surface area contributed by atoms with Crippen molar-refractivity contribution >= 4 is 17.6 Å². The van der Waals surface area contributed by atoms with E-state index in [9.17, 15) is 18.0 Å². The van der Waals surface area contributed by atoms with Gasteiger partial charge >= 0.3 is 5.97 Å². The molecule has 0 bridgehead atoms. The molecule has 7 heteroatoms. The van der Waals surface area contributed by atoms with E-state index < -0.39 is 35.3 Å². The van der Waals surface area contributed by atoms with Gasteiger partial charge in [0.15, 0.2) is 0 Å². The maximum absolute atomic E-state index is 13.2. The highest BCUT2D eigenvalue weighted by Gasteiger charge is 2.18. The molecular formula is C10H9ClF3NO2. The lowest BCUT2D eigenvalue weighted by Crippen LogP contribution is -2.11. The van der Waals surface area contributed by atoms with Crippen molar-refractivity contribution in [3.63, 3.8) is 0 Å². The summed E-state index contributed by atoms with van der Waals surface area (Å²) in [5, 5.41) is -0.442. The fourth-order valence-corrected chi connectivity index (χ4v) is 1.31. The molecule has 1 aromatic heterocycles. The van der Waals surface area contributed by atoms with Crippen molar-refractivity contribution in [2.24, 2.45) is 0 Å². The molecule has 0 aromatic carbocycles. The van der Waals surface area contributed by atoms with E-state index >= 15 is 0 Å². The summed E-state index contributed by atoms with van der Waals surface area (Å²) >= 11 is 5.52. The molecule has 0 spiro atoms. The number of carbonyl (C=O) groups is 1. The zero-order valence-corrected chi connectivity index (χ0v) is 9.60. The van der Waals surface area contributed by atoms with Gasteiger partial charge in [-0.2, -0.15) is 0 Å². The molecule has 0 saturated carbocycles. The number of halogens is 4. The van der Waals surface area contributed by atoms with Crippen LogP contribution >= 0.6 is 11.6 Å². The fourth-order valence-electron chi connectivity index (χ4n) is 1.15. The Morgan fingerprint density at radius 3 is 2.76 bits per heavy atom. The van der Waals surface area contributed by atoms with Crippen LogP contribution in [0.25, 0.3) is 0 Å². The smallest absolute Gasteiger partial charge is 0.311 e. The summed E-state index contributed by atoms with van der Waals surface area (Å²) in [4.78, 5) is 14.6. The maximum atomic E-state index is 13.2. The summed E-state index contributed by atoms with van der Waals surface area (Å²) in [5.41, 5.74) is -1.01. The Kier molecular flexibility index (Phi) is 4.74. The number of alkyl halides is 2. The number of nitrogens with zero attached hydrogens (tertiary/aromatic N) is 1. The molecule has 1 heterocycles. The topological polar surface area (TPSA) is 39.2 Å². The molecule has 0 radical (unpaired) electrons. The first-order chi connectivity index (χ1) is 7.95. The van der Waals surface area contributed by atoms with Gasteiger partial charge in [-0.15, -0.1) is 0 Å². The van der Waals surface area contributed by atoms with Gasteiger partial charge in [0.25, 0.3) is 6.43 Å². The van der Waals surface area contributed by atoms with Crippen LogP contribution in [0.15, 0.2) is 6.07 Å². The van der Waals surface area contributed by atoms with E-state index in [1.54, 1.807) is 6.92 Å². The number of aromatic nitrogens is 1. The van der Waals surface area contributed by atoms with Gasteiger partial charge in [-0.3, -0.25) is 4.79 Å². The Labute approximate surface area is 101 Å². The standard InChI is InChI=1S/C10H9ClF3NO2/c1-2-17-8(16)4-6-9(11)5(12)3-7(15-6)10(13)14/h3,10H,2,4H2,1H3. The van der Waals surface area contributed by atoms with Crippen molar-refractivity contribution in [2.75, 3.05) is 6.61 Å². The largest absolute Gasteiger partial charge is 0.466 e. The number of hydrogen-bond donors (Lipinski definition) is 0. The van der Waals surface area contributed by atoms with Crippen LogP contribution in [0.1, 0.15) is 24.7 Å². The third-order valence-corrected chi connectivity index (χ3v) is 2.24. The number of hydrogen-bond acceptors (Lipinski definition) is 3. The van der Waals surface area contributed by atoms with Crippen LogP contribution in [0.5, 0.6) is 0 Å². The molecule has 0 fully saturated rings. The number of ether oxygens (including phenoxy) is 1. The van der Waals surface area contributed by atoms with Crippen molar-refractivity contribution in [2.45, 2.75) is 19.8 Å². The summed E-state index contributed by atoms with van der Waals surface area (Å²) in [5.74, 6) is -1.73. The highest BCUT2D eigenvalue weighted by atomic mass is 35.5. The van der Waals surface area contributed by atoms with E-state index in [1.165, 1.54) is 0 Å². The number of esters is 1. The molecule has 3 nitrogen and oxygen atoms in total. The second-order valence-corrected chi connectivity index (χ2v) is 3.45. The van der Waals surface area contributed by atoms with Crippen LogP contribution in [0.3, 0.4) is 0 Å². The van der Waals surface area contributed by atoms with Crippen LogP contribution in [0, 0.1) is 5.82 Å². The van der Waals surface area contributed by atoms with Crippen LogP contribution in [-0.4, -0.2) is 17.6 Å². The van der Waals surface area contributed by atoms with Gasteiger partial charge < -0.3 is 4.74 Å². The average Bonchev–Trinajstić information content (AvgIpc) is 2.24. The predicted octanol–water partition coefficient (Wildman–Crippen LogP) is 2.92. The van der Waals surface area contributed by atoms with Crippen molar-refractivity contribution in [1.82, 2.24) is 4.98 Å². The van der Waals surface area contributed by atoms with Crippen LogP contribution < -0.4 is 0 Å². The second-order valence-electron chi connectivity index (χ2n) is 3.07. The molecule has 17 heavy (non-hydrogen) atoms. The lowest BCUT2D eigenvalue weighted by atomic mass is 10.2. The van der Waals surface area contributed by atoms with Crippen molar-refractivity contribution in [3.05, 3.63) is 28.3 Å². The van der Waals surface area contributed by atoms with E-state index in [4.69, 9.17) is 11.6 Å². The molecule has 1 rings (SSSR count). The summed E-state index contributed by atoms with van der Waals surface area (Å²) < 4.78 is 42.5. The van der Waals surface area contributed by atoms with Gasteiger partial charge in [-0.25, -0.2) is 18.2 Å². The molecule has 0 saturated heterocycles. The first-order valence-electron chi connectivity index (χ1n) is 4.74. The van der Waals surface area contributed by atoms with Crippen LogP contribution in [-0.2, 0) is 16.0 Å². The van der Waals surface area contributed by atoms with Gasteiger partial charge in [0.1, 0.15) is 11.5 Å². The van der Waals surface area contributed by atoms with E-state index in [2.05, 4.69) is 9.72 Å². The Morgan fingerprint density at radius 1 is 1.59 bits per heavy atom. The summed E-state index contributed by atoms with van der Waals surface area (Å²) in [6.07, 6.45) is -3.37. The van der Waals surface area contributed by atoms with E-state index in [1.807, 2.05) is 0 Å². The summed E-state index contributed by atoms with van der Waals surface area (Å²) in [7, 11) is 0. The zero-order chi connectivity index (χ0) is 13.0. The SMILES string of the molecule is CCOC(=O)Cc1nc(C(F)F)cc(F)c1Cl. The zero-order valence-electron chi connectivity index (χ0n) is 8.84. The minimum absolute atomic E-state index is 0.132. The van der Waals surface area contributed by atoms with Gasteiger partial charge in [-0.1, -0.05) is 11.6 Å². The highest BCUT2D eigenvalue weighted by Crippen LogP contribution is 2.25. The molecule has 94 valence electrons. The molecule has 0 aliphatic carbocycles. The van der Waals surface area contributed by atoms with Gasteiger partial charge in [0.2, 0.25) is 0 Å². The van der Waals surface area contributed by atoms with E-state index in [-0.39, 0.29) is 12.3 Å². The first kappa shape index (κ1) is 13.8. The summed E-state index contributed by atoms with van der Waals surface area (Å²) in [6, 6.07) is 0.543. The van der Waals surface area contributed by atoms with Crippen molar-refractivity contribution < 1.29 is 22.7 Å². The molecule has 0 atom stereocenters. The third-order valence-electron chi connectivity index (χ3n) is 1.84. The lowest BCUT2D eigenvalue weighted by Gasteiger charge is -2.07. The fraction of sp³-hybridized carbons (Fsp3) is 0.400. The normalized spacial score (nSPS) is 10.7. The summed E-state index contributed by atoms with van der Waals surface area (Å²) in [6.45, 7) is 1.72. The first-order valence-corrected chi connectivity index (χ1v) is 5.12. The molecule has 0 amide bonds. The Bertz CT molecular complexity index is 426. The Balaban J connectivity index is 3.01. The monoisotopic (exact) mass is 267 g/mol. The maximum Gasteiger partial charge on any atom is 0.311 e. The molecule has 0 aliphatic rings. The lowest BCUT2D eigenvalue weighted by molar-refractivity contribution is -0.142. The average molecular weight is 268 g/mol.